The van der Waals surface area contributed by atoms with Crippen molar-refractivity contribution in [1.29, 1.82) is 10.5 Å². The quantitative estimate of drug-likeness (QED) is 0.108. The minimum Gasteiger partial charge on any atom is -0.497 e. The molecule has 0 heterocycles. The third-order valence-corrected chi connectivity index (χ3v) is 18.2. The molecule has 0 unspecified atom stereocenters. The van der Waals surface area contributed by atoms with Gasteiger partial charge in [-0.25, -0.2) is 4.39 Å². The van der Waals surface area contributed by atoms with Gasteiger partial charge in [-0.3, -0.25) is 0 Å². The first-order chi connectivity index (χ1) is 51.5. The number of rotatable bonds is 14. The molecule has 6 heteroatoms. The van der Waals surface area contributed by atoms with Crippen molar-refractivity contribution in [3.05, 3.63) is 336 Å². The molecule has 5 nitrogen and oxygen atoms in total. The molecule has 0 amide bonds. The van der Waals surface area contributed by atoms with Crippen molar-refractivity contribution >= 4 is 0 Å². The van der Waals surface area contributed by atoms with Crippen molar-refractivity contribution in [3.63, 3.8) is 0 Å². The Morgan fingerprint density at radius 2 is 0.688 bits per heavy atom. The van der Waals surface area contributed by atoms with Crippen LogP contribution in [0, 0.1) is 70.0 Å². The van der Waals surface area contributed by atoms with Crippen molar-refractivity contribution in [1.82, 2.24) is 0 Å². The molecule has 0 aliphatic rings. The molecule has 0 fully saturated rings. The second-order valence-corrected chi connectivity index (χ2v) is 31.1. The summed E-state index contributed by atoms with van der Waals surface area (Å²) in [5.74, 6) is 8.29. The molecule has 0 saturated carbocycles. The summed E-state index contributed by atoms with van der Waals surface area (Å²) in [6, 6.07) is 81.1. The first-order valence-electron chi connectivity index (χ1n) is 39.4. The predicted octanol–water partition coefficient (Wildman–Crippen LogP) is 32.3. The lowest BCUT2D eigenvalue weighted by molar-refractivity contribution is 0.407. The Morgan fingerprint density at radius 3 is 1.07 bits per heavy atom. The molecule has 0 radical (unpaired) electrons. The summed E-state index contributed by atoms with van der Waals surface area (Å²) in [4.78, 5) is 0. The molecule has 0 aromatic heterocycles. The molecular weight excluding hydrogens is 1370 g/mol. The maximum Gasteiger partial charge on any atom is 0.126 e. The van der Waals surface area contributed by atoms with Gasteiger partial charge < -0.3 is 14.2 Å². The first-order valence-corrected chi connectivity index (χ1v) is 39.4. The highest BCUT2D eigenvalue weighted by atomic mass is 19.1. The van der Waals surface area contributed by atoms with Crippen LogP contribution in [0.15, 0.2) is 224 Å². The van der Waals surface area contributed by atoms with Gasteiger partial charge in [-0.05, 0) is 245 Å². The summed E-state index contributed by atoms with van der Waals surface area (Å²) in [5, 5.41) is 17.6. The van der Waals surface area contributed by atoms with Crippen LogP contribution in [-0.2, 0) is 6.42 Å². The van der Waals surface area contributed by atoms with Gasteiger partial charge in [-0.15, -0.1) is 0 Å². The van der Waals surface area contributed by atoms with E-state index in [2.05, 4.69) is 304 Å². The second kappa shape index (κ2) is 58.4. The minimum absolute atomic E-state index is 0. The fourth-order valence-electron chi connectivity index (χ4n) is 11.1. The number of hydrogen-bond acceptors (Lipinski definition) is 5. The summed E-state index contributed by atoms with van der Waals surface area (Å²) in [6.45, 7) is 57.8. The number of halogens is 1. The van der Waals surface area contributed by atoms with Crippen molar-refractivity contribution < 1.29 is 18.6 Å². The van der Waals surface area contributed by atoms with Crippen LogP contribution in [0.5, 0.6) is 17.2 Å². The van der Waals surface area contributed by atoms with Gasteiger partial charge in [0.1, 0.15) is 23.1 Å². The van der Waals surface area contributed by atoms with Crippen LogP contribution in [-0.4, -0.2) is 21.3 Å². The van der Waals surface area contributed by atoms with E-state index in [0.717, 1.165) is 62.6 Å². The zero-order valence-corrected chi connectivity index (χ0v) is 72.8. The molecule has 0 atom stereocenters. The minimum atomic E-state index is -0.0833. The fraction of sp³-hybridized carbons (Fsp3) is 0.415. The van der Waals surface area contributed by atoms with E-state index < -0.39 is 0 Å². The molecule has 10 rings (SSSR count). The first kappa shape index (κ1) is 107. The maximum atomic E-state index is 13.1. The topological polar surface area (TPSA) is 75.3 Å². The molecule has 10 aromatic rings. The molecule has 112 heavy (non-hydrogen) atoms. The number of aryl methyl sites for hydroxylation is 7. The molecule has 0 spiro atoms. The lowest BCUT2D eigenvalue weighted by Crippen LogP contribution is -1.92. The van der Waals surface area contributed by atoms with E-state index in [9.17, 15) is 4.39 Å². The van der Waals surface area contributed by atoms with Crippen LogP contribution >= 0.6 is 0 Å². The average molecular weight is 1520 g/mol. The molecule has 0 aliphatic carbocycles. The van der Waals surface area contributed by atoms with Crippen LogP contribution in [0.2, 0.25) is 0 Å². The Hall–Kier alpha value is -9.49. The highest BCUT2D eigenvalue weighted by molar-refractivity contribution is 5.43. The summed E-state index contributed by atoms with van der Waals surface area (Å²) in [5.41, 5.74) is 23.3. The van der Waals surface area contributed by atoms with Gasteiger partial charge in [-0.2, -0.15) is 10.5 Å². The van der Waals surface area contributed by atoms with Gasteiger partial charge in [-0.1, -0.05) is 349 Å². The third kappa shape index (κ3) is 42.8. The maximum absolute atomic E-state index is 13.1. The smallest absolute Gasteiger partial charge is 0.126 e. The van der Waals surface area contributed by atoms with Gasteiger partial charge in [0, 0.05) is 0 Å². The third-order valence-electron chi connectivity index (χ3n) is 18.2. The lowest BCUT2D eigenvalue weighted by Gasteiger charge is -2.10. The van der Waals surface area contributed by atoms with Crippen LogP contribution in [0.25, 0.3) is 0 Å². The standard InChI is InChI=1S/2C11H13N.C11H16.C10H13F.3C10H14O.3C10H14.3CH4/c1-8(2)11-5-9(3)4-10(6-11)7-12;1-8(2)11-5-4-9(3)6-10(11)7-12;1-4-10-5-7-11(8-6-10)9(2)3;1-7(2)9-5-4-8(3)6-10(9)11;1-8(2)9-4-6-10(11-3)7-5-9;1-8(2)9-5-4-6-10(7-9)11-3;1-8(2)9-6-4-5-7-10(9)11-3;1-8(2)10-6-4-9(3)5-7-10;1-8(2)10-6-4-5-9(3)7-10;1-8(2)10-7-5-4-6-9(10)3;;;/h2*4-6,8H,1-3H3;5-9H,4H2,1-3H3;4-7H,1-3H3;3*4-8H,1-3H3;3*4-8H,1-3H3;3*1H4. The normalized spacial score (nSPS) is 9.99. The zero-order chi connectivity index (χ0) is 82.5. The number of hydrogen-bond donors (Lipinski definition) is 0. The largest absolute Gasteiger partial charge is 0.497 e. The van der Waals surface area contributed by atoms with Crippen LogP contribution in [0.1, 0.15) is 333 Å². The molecule has 610 valence electrons. The zero-order valence-electron chi connectivity index (χ0n) is 72.8. The van der Waals surface area contributed by atoms with Gasteiger partial charge >= 0.3 is 0 Å². The highest BCUT2D eigenvalue weighted by Gasteiger charge is 2.09. The van der Waals surface area contributed by atoms with Gasteiger partial charge in [0.15, 0.2) is 0 Å². The summed E-state index contributed by atoms with van der Waals surface area (Å²) < 4.78 is 28.5. The number of nitriles is 2. The van der Waals surface area contributed by atoms with E-state index in [1.807, 2.05) is 113 Å². The Morgan fingerprint density at radius 1 is 0.295 bits per heavy atom. The van der Waals surface area contributed by atoms with E-state index in [0.29, 0.717) is 53.3 Å². The number of ether oxygens (including phenoxy) is 3. The monoisotopic (exact) mass is 1520 g/mol. The Kier molecular flexibility index (Phi) is 55.6. The average Bonchev–Trinajstić information content (AvgIpc) is 0.851. The summed E-state index contributed by atoms with van der Waals surface area (Å²) in [7, 11) is 5.09. The van der Waals surface area contributed by atoms with Crippen LogP contribution in [0.4, 0.5) is 4.39 Å². The van der Waals surface area contributed by atoms with Crippen molar-refractivity contribution in [2.45, 2.75) is 275 Å². The molecule has 0 saturated heterocycles. The van der Waals surface area contributed by atoms with E-state index in [4.69, 9.17) is 24.7 Å². The van der Waals surface area contributed by atoms with Crippen LogP contribution < -0.4 is 14.2 Å². The van der Waals surface area contributed by atoms with Gasteiger partial charge in [0.25, 0.3) is 0 Å². The molecule has 0 N–H and O–H groups in total. The van der Waals surface area contributed by atoms with Crippen molar-refractivity contribution in [3.8, 4) is 29.4 Å². The number of nitrogens with zero attached hydrogens (tertiary/aromatic N) is 2. The van der Waals surface area contributed by atoms with Gasteiger partial charge in [0.05, 0.1) is 44.6 Å². The fourth-order valence-corrected chi connectivity index (χ4v) is 11.1. The molecule has 0 aliphatic heterocycles. The van der Waals surface area contributed by atoms with E-state index in [-0.39, 0.29) is 34.0 Å². The lowest BCUT2D eigenvalue weighted by atomic mass is 9.96. The number of methoxy groups -OCH3 is 3. The van der Waals surface area contributed by atoms with E-state index in [1.54, 1.807) is 27.4 Å². The molecule has 0 bridgehead atoms. The molecule has 10 aromatic carbocycles. The van der Waals surface area contributed by atoms with E-state index >= 15 is 0 Å². The second-order valence-electron chi connectivity index (χ2n) is 31.1. The van der Waals surface area contributed by atoms with Crippen molar-refractivity contribution in [2.75, 3.05) is 21.3 Å². The van der Waals surface area contributed by atoms with Crippen molar-refractivity contribution in [2.24, 2.45) is 0 Å². The number of para-hydroxylation sites is 1. The number of benzene rings is 10. The summed E-state index contributed by atoms with van der Waals surface area (Å²) in [6.07, 6.45) is 1.14. The summed E-state index contributed by atoms with van der Waals surface area (Å²) >= 11 is 0. The Balaban J connectivity index is -0.00000118. The molecular formula is C106H151FN2O3. The predicted molar refractivity (Wildman–Crippen MR) is 492 cm³/mol. The SMILES string of the molecule is C.C.C.CCc1ccc(C(C)C)cc1.COc1ccc(C(C)C)cc1.COc1cccc(C(C)C)c1.COc1ccccc1C(C)C.Cc1cc(C#N)cc(C(C)C)c1.Cc1ccc(C(C)C)c(C#N)c1.Cc1ccc(C(C)C)c(F)c1.Cc1ccc(C(C)C)cc1.Cc1cccc(C(C)C)c1.Cc1ccccc1C(C)C. The Labute approximate surface area is 686 Å². The van der Waals surface area contributed by atoms with E-state index in [1.165, 1.54) is 66.8 Å². The highest BCUT2D eigenvalue weighted by Crippen LogP contribution is 2.27. The van der Waals surface area contributed by atoms with Gasteiger partial charge in [0.2, 0.25) is 0 Å². The Bertz CT molecular complexity index is 4140. The van der Waals surface area contributed by atoms with Crippen LogP contribution in [0.3, 0.4) is 0 Å².